The molecule has 0 spiro atoms. The molecule has 7 heteroatoms. The van der Waals surface area contributed by atoms with Crippen LogP contribution in [-0.4, -0.2) is 23.4 Å². The minimum absolute atomic E-state index is 0.0806. The van der Waals surface area contributed by atoms with Crippen LogP contribution in [0.25, 0.3) is 0 Å². The lowest BCUT2D eigenvalue weighted by atomic mass is 10.1. The maximum absolute atomic E-state index is 12.6. The van der Waals surface area contributed by atoms with Crippen molar-refractivity contribution in [2.45, 2.75) is 32.7 Å². The quantitative estimate of drug-likeness (QED) is 0.585. The number of nitrogens with one attached hydrogen (secondary N) is 2. The van der Waals surface area contributed by atoms with Crippen molar-refractivity contribution in [3.8, 4) is 0 Å². The smallest absolute Gasteiger partial charge is 0.293 e. The summed E-state index contributed by atoms with van der Waals surface area (Å²) in [5, 5.41) is 16.2. The maximum Gasteiger partial charge on any atom is 0.293 e. The molecule has 0 atom stereocenters. The van der Waals surface area contributed by atoms with Gasteiger partial charge in [0, 0.05) is 24.2 Å². The van der Waals surface area contributed by atoms with Crippen molar-refractivity contribution in [3.05, 3.63) is 63.7 Å². The van der Waals surface area contributed by atoms with Crippen LogP contribution in [0.15, 0.2) is 42.5 Å². The monoisotopic (exact) mass is 354 g/mol. The average Bonchev–Trinajstić information content (AvgIpc) is 3.44. The van der Waals surface area contributed by atoms with Crippen LogP contribution in [0.4, 0.5) is 17.1 Å². The predicted molar refractivity (Wildman–Crippen MR) is 101 cm³/mol. The number of carbonyl (C=O) groups excluding carboxylic acids is 1. The number of rotatable bonds is 7. The van der Waals surface area contributed by atoms with Gasteiger partial charge in [-0.05, 0) is 51.0 Å². The second-order valence-corrected chi connectivity index (χ2v) is 6.43. The fraction of sp³-hybridized carbons (Fsp3) is 0.316. The number of aryl methyl sites for hydroxylation is 1. The Labute approximate surface area is 152 Å². The first-order chi connectivity index (χ1) is 12.5. The highest BCUT2D eigenvalue weighted by atomic mass is 16.6. The van der Waals surface area contributed by atoms with Gasteiger partial charge in [-0.3, -0.25) is 25.3 Å². The van der Waals surface area contributed by atoms with Crippen LogP contribution >= 0.6 is 0 Å². The molecule has 0 aliphatic heterocycles. The van der Waals surface area contributed by atoms with E-state index >= 15 is 0 Å². The van der Waals surface area contributed by atoms with Gasteiger partial charge in [-0.1, -0.05) is 17.7 Å². The molecular weight excluding hydrogens is 332 g/mol. The molecule has 1 aliphatic carbocycles. The third-order valence-corrected chi connectivity index (χ3v) is 4.29. The van der Waals surface area contributed by atoms with Crippen LogP contribution in [0.3, 0.4) is 0 Å². The van der Waals surface area contributed by atoms with E-state index in [0.717, 1.165) is 24.1 Å². The van der Waals surface area contributed by atoms with Crippen molar-refractivity contribution in [3.63, 3.8) is 0 Å². The summed E-state index contributed by atoms with van der Waals surface area (Å²) in [5.74, 6) is -0.381. The van der Waals surface area contributed by atoms with Crippen LogP contribution in [0.2, 0.25) is 0 Å². The van der Waals surface area contributed by atoms with Gasteiger partial charge < -0.3 is 5.32 Å². The van der Waals surface area contributed by atoms with Gasteiger partial charge in [0.05, 0.1) is 10.6 Å². The van der Waals surface area contributed by atoms with E-state index in [1.54, 1.807) is 17.1 Å². The molecule has 0 bridgehead atoms. The Kier molecular flexibility index (Phi) is 5.06. The fourth-order valence-corrected chi connectivity index (χ4v) is 2.63. The summed E-state index contributed by atoms with van der Waals surface area (Å²) in [4.78, 5) is 23.5. The molecule has 136 valence electrons. The number of hydrazine groups is 1. The van der Waals surface area contributed by atoms with Gasteiger partial charge in [-0.15, -0.1) is 0 Å². The number of hydrogen-bond donors (Lipinski definition) is 2. The Balaban J connectivity index is 1.78. The minimum atomic E-state index is -0.459. The zero-order valence-electron chi connectivity index (χ0n) is 14.9. The highest BCUT2D eigenvalue weighted by Gasteiger charge is 2.25. The van der Waals surface area contributed by atoms with Crippen molar-refractivity contribution in [1.82, 2.24) is 5.43 Å². The minimum Gasteiger partial charge on any atom is -0.377 e. The number of carbonyl (C=O) groups is 1. The van der Waals surface area contributed by atoms with Crippen LogP contribution in [0.1, 0.15) is 35.7 Å². The summed E-state index contributed by atoms with van der Waals surface area (Å²) < 4.78 is 0. The second kappa shape index (κ2) is 7.43. The first-order valence-electron chi connectivity index (χ1n) is 8.68. The van der Waals surface area contributed by atoms with E-state index < -0.39 is 4.92 Å². The maximum atomic E-state index is 12.6. The van der Waals surface area contributed by atoms with Gasteiger partial charge in [0.2, 0.25) is 0 Å². The molecule has 0 saturated heterocycles. The van der Waals surface area contributed by atoms with Crippen LogP contribution in [-0.2, 0) is 0 Å². The summed E-state index contributed by atoms with van der Waals surface area (Å²) in [6, 6.07) is 12.6. The number of benzene rings is 2. The van der Waals surface area contributed by atoms with Gasteiger partial charge in [-0.2, -0.15) is 0 Å². The summed E-state index contributed by atoms with van der Waals surface area (Å²) >= 11 is 0. The zero-order chi connectivity index (χ0) is 18.7. The third-order valence-electron chi connectivity index (χ3n) is 4.29. The third kappa shape index (κ3) is 4.11. The van der Waals surface area contributed by atoms with Crippen molar-refractivity contribution in [2.24, 2.45) is 0 Å². The first kappa shape index (κ1) is 17.7. The predicted octanol–water partition coefficient (Wildman–Crippen LogP) is 3.65. The molecule has 7 nitrogen and oxygen atoms in total. The molecule has 0 unspecified atom stereocenters. The standard InChI is InChI=1S/C19H22N4O3/c1-3-22(16-9-4-13(2)5-10-16)21-19(24)14-6-11-17(20-15-7-8-15)18(12-14)23(25)26/h4-6,9-12,15,20H,3,7-8H2,1-2H3,(H,21,24). The molecule has 2 aromatic carbocycles. The molecule has 0 aromatic heterocycles. The Morgan fingerprint density at radius 1 is 1.23 bits per heavy atom. The number of nitro groups is 1. The normalized spacial score (nSPS) is 13.2. The SMILES string of the molecule is CCN(NC(=O)c1ccc(NC2CC2)c([N+](=O)[O-])c1)c1ccc(C)cc1. The highest BCUT2D eigenvalue weighted by Crippen LogP contribution is 2.31. The van der Waals surface area contributed by atoms with E-state index in [0.29, 0.717) is 18.3 Å². The Morgan fingerprint density at radius 3 is 2.50 bits per heavy atom. The van der Waals surface area contributed by atoms with Gasteiger partial charge >= 0.3 is 0 Å². The second-order valence-electron chi connectivity index (χ2n) is 6.43. The van der Waals surface area contributed by atoms with E-state index in [9.17, 15) is 14.9 Å². The van der Waals surface area contributed by atoms with Crippen molar-refractivity contribution >= 4 is 23.0 Å². The Morgan fingerprint density at radius 2 is 1.92 bits per heavy atom. The molecule has 1 aliphatic rings. The molecule has 3 rings (SSSR count). The van der Waals surface area contributed by atoms with Crippen molar-refractivity contribution in [1.29, 1.82) is 0 Å². The molecule has 1 fully saturated rings. The molecular formula is C19H22N4O3. The Bertz CT molecular complexity index is 816. The van der Waals surface area contributed by atoms with Crippen molar-refractivity contribution in [2.75, 3.05) is 16.9 Å². The van der Waals surface area contributed by atoms with E-state index in [-0.39, 0.29) is 17.2 Å². The zero-order valence-corrected chi connectivity index (χ0v) is 14.9. The highest BCUT2D eigenvalue weighted by molar-refractivity contribution is 5.96. The number of anilines is 2. The van der Waals surface area contributed by atoms with Gasteiger partial charge in [0.25, 0.3) is 11.6 Å². The lowest BCUT2D eigenvalue weighted by Gasteiger charge is -2.24. The van der Waals surface area contributed by atoms with E-state index in [2.05, 4.69) is 10.7 Å². The van der Waals surface area contributed by atoms with E-state index in [1.807, 2.05) is 38.1 Å². The van der Waals surface area contributed by atoms with Gasteiger partial charge in [-0.25, -0.2) is 0 Å². The molecule has 1 amide bonds. The summed E-state index contributed by atoms with van der Waals surface area (Å²) in [6.45, 7) is 4.48. The average molecular weight is 354 g/mol. The van der Waals surface area contributed by atoms with Crippen LogP contribution in [0, 0.1) is 17.0 Å². The topological polar surface area (TPSA) is 87.5 Å². The largest absolute Gasteiger partial charge is 0.377 e. The molecule has 2 aromatic rings. The van der Waals surface area contributed by atoms with Gasteiger partial charge in [0.15, 0.2) is 0 Å². The molecule has 1 saturated carbocycles. The number of nitro benzene ring substituents is 1. The number of nitrogens with zero attached hydrogens (tertiary/aromatic N) is 2. The molecule has 0 radical (unpaired) electrons. The van der Waals surface area contributed by atoms with Crippen molar-refractivity contribution < 1.29 is 9.72 Å². The lowest BCUT2D eigenvalue weighted by molar-refractivity contribution is -0.384. The molecule has 26 heavy (non-hydrogen) atoms. The summed E-state index contributed by atoms with van der Waals surface area (Å²) in [5.41, 5.74) is 5.42. The molecule has 0 heterocycles. The molecule has 2 N–H and O–H groups in total. The van der Waals surface area contributed by atoms with E-state index in [4.69, 9.17) is 0 Å². The summed E-state index contributed by atoms with van der Waals surface area (Å²) in [6.07, 6.45) is 2.03. The van der Waals surface area contributed by atoms with E-state index in [1.165, 1.54) is 6.07 Å². The number of amides is 1. The number of hydrogen-bond acceptors (Lipinski definition) is 5. The lowest BCUT2D eigenvalue weighted by Crippen LogP contribution is -2.42. The summed E-state index contributed by atoms with van der Waals surface area (Å²) in [7, 11) is 0. The van der Waals surface area contributed by atoms with Gasteiger partial charge in [0.1, 0.15) is 5.69 Å². The van der Waals surface area contributed by atoms with Crippen LogP contribution in [0.5, 0.6) is 0 Å². The fourth-order valence-electron chi connectivity index (χ4n) is 2.63. The van der Waals surface area contributed by atoms with Crippen LogP contribution < -0.4 is 15.8 Å². The first-order valence-corrected chi connectivity index (χ1v) is 8.68. The Hall–Kier alpha value is -3.09.